The van der Waals surface area contributed by atoms with Gasteiger partial charge in [-0.2, -0.15) is 20.7 Å². The summed E-state index contributed by atoms with van der Waals surface area (Å²) in [5.74, 6) is 1.90. The highest BCUT2D eigenvalue weighted by Crippen LogP contribution is 2.37. The molecule has 6 aliphatic heterocycles. The van der Waals surface area contributed by atoms with Gasteiger partial charge in [-0.3, -0.25) is 4.90 Å². The molecule has 6 saturated heterocycles. The molecule has 0 spiro atoms. The topological polar surface area (TPSA) is 156 Å². The van der Waals surface area contributed by atoms with Crippen molar-refractivity contribution < 1.29 is 9.53 Å². The zero-order valence-corrected chi connectivity index (χ0v) is 34.6. The van der Waals surface area contributed by atoms with Crippen LogP contribution in [0, 0.1) is 22.7 Å². The summed E-state index contributed by atoms with van der Waals surface area (Å²) >= 11 is 7.04. The molecule has 6 aliphatic rings. The number of nitrogens with one attached hydrogen (secondary N) is 1. The van der Waals surface area contributed by atoms with Crippen molar-refractivity contribution in [1.82, 2.24) is 39.4 Å². The maximum atomic E-state index is 12.5. The Kier molecular flexibility index (Phi) is 9.38. The summed E-state index contributed by atoms with van der Waals surface area (Å²) in [6.07, 6.45) is 12.6. The van der Waals surface area contributed by atoms with E-state index in [4.69, 9.17) is 9.72 Å². The Morgan fingerprint density at radius 3 is 1.65 bits per heavy atom. The van der Waals surface area contributed by atoms with Crippen LogP contribution < -0.4 is 15.1 Å². The molecule has 0 aromatic carbocycles. The summed E-state index contributed by atoms with van der Waals surface area (Å²) in [5.41, 5.74) is 5.90. The van der Waals surface area contributed by atoms with Gasteiger partial charge in [0.15, 0.2) is 0 Å². The predicted molar refractivity (Wildman–Crippen MR) is 222 cm³/mol. The first kappa shape index (κ1) is 37.1. The molecular weight excluding hydrogens is 852 g/mol. The highest BCUT2D eigenvalue weighted by Gasteiger charge is 2.49. The number of piperidine rings is 2. The number of amides is 1. The third-order valence-corrected chi connectivity index (χ3v) is 11.8. The van der Waals surface area contributed by atoms with Gasteiger partial charge in [-0.1, -0.05) is 0 Å². The van der Waals surface area contributed by atoms with E-state index < -0.39 is 5.60 Å². The first-order valence-corrected chi connectivity index (χ1v) is 20.4. The minimum Gasteiger partial charge on any atom is -0.444 e. The zero-order valence-electron chi connectivity index (χ0n) is 31.5. The first-order chi connectivity index (χ1) is 27.4. The SMILES string of the molecule is CC(C)(C)OC(=O)N1C2CC1CN(c1ccc(-c3cc(Br)cn4ncc(C#N)c34)cn1)C2.N#Cc1cnn2cc(Br)cc(-c3ccc(N4CC5CC(C4)N5)nc3)c12. The van der Waals surface area contributed by atoms with E-state index >= 15 is 0 Å². The van der Waals surface area contributed by atoms with Gasteiger partial charge in [0.2, 0.25) is 0 Å². The molecule has 4 bridgehead atoms. The predicted octanol–water partition coefficient (Wildman–Crippen LogP) is 6.81. The van der Waals surface area contributed by atoms with E-state index in [0.717, 1.165) is 86.5 Å². The Bertz CT molecular complexity index is 2580. The number of pyridine rings is 4. The number of ether oxygens (including phenoxy) is 1. The fraction of sp³-hybridized carbons (Fsp3) is 0.341. The van der Waals surface area contributed by atoms with Crippen molar-refractivity contribution in [3.63, 3.8) is 0 Å². The van der Waals surface area contributed by atoms with Crippen molar-refractivity contribution in [1.29, 1.82) is 10.5 Å². The van der Waals surface area contributed by atoms with E-state index in [1.807, 2.05) is 74.7 Å². The molecule has 14 nitrogen and oxygen atoms in total. The van der Waals surface area contributed by atoms with Crippen LogP contribution in [0.1, 0.15) is 44.7 Å². The maximum Gasteiger partial charge on any atom is 0.410 e. The van der Waals surface area contributed by atoms with Crippen molar-refractivity contribution in [2.45, 2.75) is 63.4 Å². The standard InChI is InChI=1S/C23H23BrN6O2.C18H15BrN6/c1-23(2,3)32-22(31)30-17-7-18(30)13-28(12-17)20-5-4-14(9-26-20)19-6-16(24)11-29-21(19)15(8-25)10-27-29;19-13-3-16(18-12(5-20)7-22-25(18)8-13)11-1-2-17(21-6-11)24-9-14-4-15(10-24)23-14/h4-6,9-11,17-18H,7,12-13H2,1-3H3;1-3,6-8,14-15,23H,4,9-10H2. The van der Waals surface area contributed by atoms with Crippen molar-refractivity contribution >= 4 is 60.6 Å². The lowest BCUT2D eigenvalue weighted by Crippen LogP contribution is -2.70. The van der Waals surface area contributed by atoms with E-state index in [0.29, 0.717) is 23.2 Å². The number of rotatable bonds is 4. The molecule has 1 amide bonds. The van der Waals surface area contributed by atoms with Gasteiger partial charge >= 0.3 is 6.09 Å². The Labute approximate surface area is 345 Å². The van der Waals surface area contributed by atoms with E-state index in [1.54, 1.807) is 21.4 Å². The molecule has 6 aromatic rings. The van der Waals surface area contributed by atoms with E-state index in [9.17, 15) is 15.3 Å². The second-order valence-corrected chi connectivity index (χ2v) is 17.7. The average molecular weight is 891 g/mol. The van der Waals surface area contributed by atoms with Crippen molar-refractivity contribution in [2.24, 2.45) is 0 Å². The van der Waals surface area contributed by atoms with E-state index in [-0.39, 0.29) is 18.2 Å². The maximum absolute atomic E-state index is 12.5. The Morgan fingerprint density at radius 2 is 1.23 bits per heavy atom. The number of hydrogen-bond donors (Lipinski definition) is 1. The summed E-state index contributed by atoms with van der Waals surface area (Å²) in [6, 6.07) is 18.1. The highest BCUT2D eigenvalue weighted by atomic mass is 79.9. The summed E-state index contributed by atoms with van der Waals surface area (Å²) in [7, 11) is 0. The smallest absolute Gasteiger partial charge is 0.410 e. The number of halogens is 2. The summed E-state index contributed by atoms with van der Waals surface area (Å²) < 4.78 is 10.8. The van der Waals surface area contributed by atoms with Gasteiger partial charge < -0.3 is 19.9 Å². The van der Waals surface area contributed by atoms with Crippen molar-refractivity contribution in [3.05, 3.63) is 93.7 Å². The number of anilines is 2. The van der Waals surface area contributed by atoms with Gasteiger partial charge in [0, 0.05) is 94.2 Å². The molecule has 12 heterocycles. The van der Waals surface area contributed by atoms with Crippen molar-refractivity contribution in [3.8, 4) is 34.4 Å². The highest BCUT2D eigenvalue weighted by molar-refractivity contribution is 9.10. The Balaban J connectivity index is 0.000000153. The second-order valence-electron chi connectivity index (χ2n) is 15.9. The quantitative estimate of drug-likeness (QED) is 0.199. The molecule has 16 heteroatoms. The summed E-state index contributed by atoms with van der Waals surface area (Å²) in [4.78, 5) is 28.3. The molecule has 4 unspecified atom stereocenters. The first-order valence-electron chi connectivity index (χ1n) is 18.8. The number of fused-ring (bicyclic) bond motifs is 6. The largest absolute Gasteiger partial charge is 0.444 e. The molecule has 57 heavy (non-hydrogen) atoms. The van der Waals surface area contributed by atoms with E-state index in [1.165, 1.54) is 6.42 Å². The van der Waals surface area contributed by atoms with Crippen LogP contribution in [0.25, 0.3) is 33.3 Å². The molecule has 0 radical (unpaired) electrons. The van der Waals surface area contributed by atoms with Crippen LogP contribution in [0.4, 0.5) is 16.4 Å². The molecule has 0 aliphatic carbocycles. The average Bonchev–Trinajstić information content (AvgIpc) is 3.80. The number of carbonyl (C=O) groups excluding carboxylic acids is 1. The van der Waals surface area contributed by atoms with Crippen LogP contribution in [0.15, 0.2) is 82.5 Å². The minimum atomic E-state index is -0.489. The fourth-order valence-electron chi connectivity index (χ4n) is 8.36. The third kappa shape index (κ3) is 7.07. The fourth-order valence-corrected chi connectivity index (χ4v) is 9.20. The number of aromatic nitrogens is 6. The van der Waals surface area contributed by atoms with Gasteiger partial charge in [-0.05, 0) is 102 Å². The molecular formula is C41H38Br2N12O2. The van der Waals surface area contributed by atoms with Gasteiger partial charge in [0.05, 0.1) is 46.6 Å². The van der Waals surface area contributed by atoms with Gasteiger partial charge in [-0.25, -0.2) is 23.8 Å². The van der Waals surface area contributed by atoms with Crippen molar-refractivity contribution in [2.75, 3.05) is 36.0 Å². The lowest BCUT2D eigenvalue weighted by atomic mass is 9.88. The molecule has 288 valence electrons. The lowest BCUT2D eigenvalue weighted by molar-refractivity contribution is -0.0380. The molecule has 4 atom stereocenters. The van der Waals surface area contributed by atoms with Crippen LogP contribution >= 0.6 is 31.9 Å². The monoisotopic (exact) mass is 888 g/mol. The molecule has 6 fully saturated rings. The van der Waals surface area contributed by atoms with Gasteiger partial charge in [-0.15, -0.1) is 0 Å². The van der Waals surface area contributed by atoms with Crippen LogP contribution in [-0.2, 0) is 4.74 Å². The minimum absolute atomic E-state index is 0.153. The number of piperazine rings is 2. The molecule has 12 rings (SSSR count). The molecule has 0 saturated carbocycles. The number of hydrogen-bond acceptors (Lipinski definition) is 11. The zero-order chi connectivity index (χ0) is 39.6. The van der Waals surface area contributed by atoms with Gasteiger partial charge in [0.25, 0.3) is 0 Å². The normalized spacial score (nSPS) is 20.9. The summed E-state index contributed by atoms with van der Waals surface area (Å²) in [6.45, 7) is 9.19. The van der Waals surface area contributed by atoms with Crippen LogP contribution in [0.2, 0.25) is 0 Å². The molecule has 6 aromatic heterocycles. The lowest BCUT2D eigenvalue weighted by Gasteiger charge is -2.56. The number of nitriles is 2. The van der Waals surface area contributed by atoms with Crippen LogP contribution in [-0.4, -0.2) is 96.1 Å². The number of nitrogens with zero attached hydrogens (tertiary/aromatic N) is 11. The van der Waals surface area contributed by atoms with Gasteiger partial charge in [0.1, 0.15) is 29.4 Å². The second kappa shape index (κ2) is 14.4. The third-order valence-electron chi connectivity index (χ3n) is 10.9. The summed E-state index contributed by atoms with van der Waals surface area (Å²) in [5, 5.41) is 30.9. The van der Waals surface area contributed by atoms with E-state index in [2.05, 4.69) is 86.4 Å². The molecule has 1 N–H and O–H groups in total. The Morgan fingerprint density at radius 1 is 0.754 bits per heavy atom. The Hall–Kier alpha value is -5.55. The van der Waals surface area contributed by atoms with Crippen LogP contribution in [0.3, 0.4) is 0 Å². The van der Waals surface area contributed by atoms with Crippen LogP contribution in [0.5, 0.6) is 0 Å². The number of carbonyl (C=O) groups is 1.